The molecule has 9 heteroatoms. The highest BCUT2D eigenvalue weighted by Crippen LogP contribution is 2.31. The number of ether oxygens (including phenoxy) is 1. The molecule has 0 aliphatic rings. The molecule has 2 aromatic carbocycles. The maximum Gasteiger partial charge on any atom is 0.262 e. The Kier molecular flexibility index (Phi) is 6.90. The van der Waals surface area contributed by atoms with Crippen LogP contribution in [0.2, 0.25) is 5.02 Å². The van der Waals surface area contributed by atoms with Crippen LogP contribution < -0.4 is 10.1 Å². The Bertz CT molecular complexity index is 1460. The van der Waals surface area contributed by atoms with Crippen LogP contribution in [0, 0.1) is 25.2 Å². The minimum Gasteiger partial charge on any atom is -0.497 e. The quantitative estimate of drug-likeness (QED) is 0.398. The molecule has 8 nitrogen and oxygen atoms in total. The molecule has 0 unspecified atom stereocenters. The lowest BCUT2D eigenvalue weighted by Gasteiger charge is -2.09. The first kappa shape index (κ1) is 24.0. The van der Waals surface area contributed by atoms with Gasteiger partial charge in [0.25, 0.3) is 5.91 Å². The van der Waals surface area contributed by atoms with Crippen molar-refractivity contribution in [3.05, 3.63) is 76.1 Å². The predicted molar refractivity (Wildman–Crippen MR) is 134 cm³/mol. The number of nitrogens with one attached hydrogen (secondary N) is 1. The largest absolute Gasteiger partial charge is 0.497 e. The van der Waals surface area contributed by atoms with Crippen LogP contribution in [0.4, 0.5) is 5.82 Å². The molecule has 178 valence electrons. The summed E-state index contributed by atoms with van der Waals surface area (Å²) in [4.78, 5) is 26.5. The third-order valence-electron chi connectivity index (χ3n) is 5.78. The van der Waals surface area contributed by atoms with Crippen LogP contribution in [-0.2, 0) is 17.8 Å². The number of rotatable bonds is 7. The highest BCUT2D eigenvalue weighted by molar-refractivity contribution is 6.30. The average Bonchev–Trinajstić information content (AvgIpc) is 3.32. The fourth-order valence-electron chi connectivity index (χ4n) is 4.12. The molecule has 35 heavy (non-hydrogen) atoms. The number of halogens is 1. The van der Waals surface area contributed by atoms with Gasteiger partial charge in [-0.1, -0.05) is 11.6 Å². The molecule has 0 aliphatic carbocycles. The normalized spacial score (nSPS) is 10.8. The molecule has 4 aromatic rings. The molecule has 0 radical (unpaired) electrons. The Hall–Kier alpha value is -4.09. The molecule has 1 N–H and O–H groups in total. The average molecular weight is 490 g/mol. The number of amides is 1. The Morgan fingerprint density at radius 1 is 1.14 bits per heavy atom. The van der Waals surface area contributed by atoms with E-state index in [2.05, 4.69) is 16.5 Å². The van der Waals surface area contributed by atoms with Crippen LogP contribution in [0.3, 0.4) is 0 Å². The first-order valence-corrected chi connectivity index (χ1v) is 11.4. The van der Waals surface area contributed by atoms with Crippen LogP contribution >= 0.6 is 11.6 Å². The van der Waals surface area contributed by atoms with Gasteiger partial charge in [-0.2, -0.15) is 10.4 Å². The molecule has 0 spiro atoms. The molecule has 0 bridgehead atoms. The van der Waals surface area contributed by atoms with Gasteiger partial charge in [0.2, 0.25) is 5.91 Å². The first-order valence-electron chi connectivity index (χ1n) is 11.0. The molecular weight excluding hydrogens is 466 g/mol. The van der Waals surface area contributed by atoms with Crippen LogP contribution in [-0.4, -0.2) is 33.3 Å². The number of methoxy groups -OCH3 is 1. The molecule has 0 atom stereocenters. The Morgan fingerprint density at radius 2 is 1.89 bits per heavy atom. The van der Waals surface area contributed by atoms with Crippen molar-refractivity contribution < 1.29 is 14.3 Å². The van der Waals surface area contributed by atoms with Crippen LogP contribution in [0.1, 0.15) is 33.7 Å². The molecule has 0 aliphatic heterocycles. The third kappa shape index (κ3) is 4.91. The second-order valence-corrected chi connectivity index (χ2v) is 8.56. The lowest BCUT2D eigenvalue weighted by molar-refractivity contribution is -0.115. The van der Waals surface area contributed by atoms with Gasteiger partial charge < -0.3 is 10.1 Å². The van der Waals surface area contributed by atoms with Crippen molar-refractivity contribution >= 4 is 40.1 Å². The number of aromatic nitrogens is 3. The molecule has 0 saturated heterocycles. The summed E-state index contributed by atoms with van der Waals surface area (Å²) in [5.41, 5.74) is 3.29. The number of carbonyl (C=O) groups is 2. The highest BCUT2D eigenvalue weighted by atomic mass is 35.5. The molecule has 2 heterocycles. The van der Waals surface area contributed by atoms with E-state index >= 15 is 0 Å². The van der Waals surface area contributed by atoms with Gasteiger partial charge in [-0.25, -0.2) is 4.68 Å². The summed E-state index contributed by atoms with van der Waals surface area (Å²) in [7, 11) is 1.57. The Labute approximate surface area is 207 Å². The maximum absolute atomic E-state index is 13.4. The molecular formula is C26H24ClN5O3. The predicted octanol–water partition coefficient (Wildman–Crippen LogP) is 4.90. The SMILES string of the molecule is COc1ccc2c(c1)c(CC(=O)Nc1cc(C)nn1CCC#N)c(C)n2C(=O)c1ccc(Cl)cc1. The van der Waals surface area contributed by atoms with E-state index in [-0.39, 0.29) is 24.7 Å². The zero-order valence-corrected chi connectivity index (χ0v) is 20.4. The highest BCUT2D eigenvalue weighted by Gasteiger charge is 2.22. The number of hydrogen-bond acceptors (Lipinski definition) is 5. The smallest absolute Gasteiger partial charge is 0.262 e. The second kappa shape index (κ2) is 10.0. The second-order valence-electron chi connectivity index (χ2n) is 8.12. The summed E-state index contributed by atoms with van der Waals surface area (Å²) in [5.74, 6) is 0.678. The van der Waals surface area contributed by atoms with Crippen molar-refractivity contribution in [1.82, 2.24) is 14.3 Å². The van der Waals surface area contributed by atoms with Crippen molar-refractivity contribution in [2.75, 3.05) is 12.4 Å². The van der Waals surface area contributed by atoms with Gasteiger partial charge in [0.1, 0.15) is 11.6 Å². The topological polar surface area (TPSA) is 102 Å². The van der Waals surface area contributed by atoms with Crippen LogP contribution in [0.25, 0.3) is 10.9 Å². The van der Waals surface area contributed by atoms with Gasteiger partial charge >= 0.3 is 0 Å². The molecule has 4 rings (SSSR count). The van der Waals surface area contributed by atoms with Gasteiger partial charge in [-0.15, -0.1) is 0 Å². The Morgan fingerprint density at radius 3 is 2.57 bits per heavy atom. The van der Waals surface area contributed by atoms with E-state index in [4.69, 9.17) is 21.6 Å². The minimum absolute atomic E-state index is 0.0406. The number of nitriles is 1. The van der Waals surface area contributed by atoms with E-state index in [0.29, 0.717) is 39.9 Å². The summed E-state index contributed by atoms with van der Waals surface area (Å²) >= 11 is 5.99. The summed E-state index contributed by atoms with van der Waals surface area (Å²) in [6.45, 7) is 4.03. The number of aryl methyl sites for hydroxylation is 2. The van der Waals surface area contributed by atoms with Gasteiger partial charge in [0.15, 0.2) is 0 Å². The minimum atomic E-state index is -0.257. The number of benzene rings is 2. The number of carbonyl (C=O) groups excluding carboxylic acids is 2. The van der Waals surface area contributed by atoms with Crippen molar-refractivity contribution in [2.45, 2.75) is 33.2 Å². The van der Waals surface area contributed by atoms with E-state index in [9.17, 15) is 9.59 Å². The Balaban J connectivity index is 1.71. The van der Waals surface area contributed by atoms with Gasteiger partial charge in [0.05, 0.1) is 43.8 Å². The van der Waals surface area contributed by atoms with Crippen molar-refractivity contribution in [3.63, 3.8) is 0 Å². The van der Waals surface area contributed by atoms with Crippen LogP contribution in [0.5, 0.6) is 5.75 Å². The van der Waals surface area contributed by atoms with Crippen molar-refractivity contribution in [1.29, 1.82) is 5.26 Å². The van der Waals surface area contributed by atoms with E-state index in [1.54, 1.807) is 52.8 Å². The zero-order valence-electron chi connectivity index (χ0n) is 19.6. The van der Waals surface area contributed by atoms with E-state index in [1.165, 1.54) is 0 Å². The number of anilines is 1. The summed E-state index contributed by atoms with van der Waals surface area (Å²) in [5, 5.41) is 17.4. The summed E-state index contributed by atoms with van der Waals surface area (Å²) in [6.07, 6.45) is 0.321. The zero-order chi connectivity index (χ0) is 25.1. The lowest BCUT2D eigenvalue weighted by Crippen LogP contribution is -2.19. The van der Waals surface area contributed by atoms with Gasteiger partial charge in [-0.3, -0.25) is 14.2 Å². The number of hydrogen-bond donors (Lipinski definition) is 1. The van der Waals surface area contributed by atoms with Crippen molar-refractivity contribution in [3.8, 4) is 11.8 Å². The van der Waals surface area contributed by atoms with Crippen molar-refractivity contribution in [2.24, 2.45) is 0 Å². The molecule has 1 amide bonds. The maximum atomic E-state index is 13.4. The van der Waals surface area contributed by atoms with E-state index in [0.717, 1.165) is 16.6 Å². The molecule has 0 saturated carbocycles. The van der Waals surface area contributed by atoms with E-state index in [1.807, 2.05) is 26.0 Å². The van der Waals surface area contributed by atoms with E-state index < -0.39 is 0 Å². The monoisotopic (exact) mass is 489 g/mol. The van der Waals surface area contributed by atoms with Crippen LogP contribution in [0.15, 0.2) is 48.5 Å². The summed E-state index contributed by atoms with van der Waals surface area (Å²) < 4.78 is 8.62. The molecule has 0 fully saturated rings. The fourth-order valence-corrected chi connectivity index (χ4v) is 4.24. The van der Waals surface area contributed by atoms with Gasteiger partial charge in [-0.05, 0) is 61.9 Å². The third-order valence-corrected chi connectivity index (χ3v) is 6.03. The summed E-state index contributed by atoms with van der Waals surface area (Å²) in [6, 6.07) is 16.0. The van der Waals surface area contributed by atoms with Gasteiger partial charge in [0, 0.05) is 27.7 Å². The first-order chi connectivity index (χ1) is 16.8. The molecule has 2 aromatic heterocycles. The standard InChI is InChI=1S/C26H24ClN5O3/c1-16-13-24(31(30-16)12-4-11-28)29-25(33)15-21-17(2)32(23-10-9-20(35-3)14-22(21)23)26(34)18-5-7-19(27)8-6-18/h5-10,13-14H,4,12,15H2,1-3H3,(H,29,33). The number of fused-ring (bicyclic) bond motifs is 1. The fraction of sp³-hybridized carbons (Fsp3) is 0.231. The number of nitrogens with zero attached hydrogens (tertiary/aromatic N) is 4. The lowest BCUT2D eigenvalue weighted by atomic mass is 10.1.